The van der Waals surface area contributed by atoms with Crippen LogP contribution in [0.2, 0.25) is 0 Å². The lowest BCUT2D eigenvalue weighted by molar-refractivity contribution is -0.123. The molecule has 2 heterocycles. The summed E-state index contributed by atoms with van der Waals surface area (Å²) >= 11 is 0. The van der Waals surface area contributed by atoms with Crippen LogP contribution in [-0.2, 0) is 16.1 Å². The number of aromatic nitrogens is 4. The van der Waals surface area contributed by atoms with Crippen molar-refractivity contribution in [1.29, 1.82) is 0 Å². The normalized spacial score (nSPS) is 15.3. The van der Waals surface area contributed by atoms with E-state index in [-0.39, 0.29) is 5.91 Å². The number of hydrogen-bond acceptors (Lipinski definition) is 6. The highest BCUT2D eigenvalue weighted by Crippen LogP contribution is 2.33. The number of nitrogens with zero attached hydrogens (tertiary/aromatic N) is 5. The van der Waals surface area contributed by atoms with Crippen LogP contribution in [0.4, 0.5) is 5.69 Å². The third-order valence-corrected chi connectivity index (χ3v) is 7.70. The zero-order valence-corrected chi connectivity index (χ0v) is 25.1. The summed E-state index contributed by atoms with van der Waals surface area (Å²) in [6, 6.07) is 5.70. The number of aryl methyl sites for hydroxylation is 1. The van der Waals surface area contributed by atoms with E-state index >= 15 is 0 Å². The molecule has 39 heavy (non-hydrogen) atoms. The summed E-state index contributed by atoms with van der Waals surface area (Å²) < 4.78 is 5.57. The number of anilines is 1. The molecule has 0 radical (unpaired) electrons. The minimum Gasteiger partial charge on any atom is -0.379 e. The number of morpholine rings is 1. The second-order valence-corrected chi connectivity index (χ2v) is 11.6. The van der Waals surface area contributed by atoms with Crippen LogP contribution in [0, 0.1) is 0 Å². The molecule has 1 unspecified atom stereocenters. The topological polar surface area (TPSA) is 85.2 Å². The van der Waals surface area contributed by atoms with Crippen molar-refractivity contribution in [3.8, 4) is 0 Å². The smallest absolute Gasteiger partial charge is 0.249 e. The summed E-state index contributed by atoms with van der Waals surface area (Å²) in [4.78, 5) is 17.7. The van der Waals surface area contributed by atoms with Crippen molar-refractivity contribution in [3.63, 3.8) is 0 Å². The van der Waals surface area contributed by atoms with Gasteiger partial charge in [0.15, 0.2) is 6.04 Å². The molecule has 1 aromatic carbocycles. The van der Waals surface area contributed by atoms with Crippen LogP contribution in [0.25, 0.3) is 0 Å². The summed E-state index contributed by atoms with van der Waals surface area (Å²) in [5, 5.41) is 16.7. The summed E-state index contributed by atoms with van der Waals surface area (Å²) in [5.41, 5.74) is 3.21. The molecule has 3 rings (SSSR count). The first-order valence-electron chi connectivity index (χ1n) is 15.5. The van der Waals surface area contributed by atoms with E-state index in [4.69, 9.17) is 9.84 Å². The molecule has 1 aromatic heterocycles. The minimum absolute atomic E-state index is 0.106. The van der Waals surface area contributed by atoms with Crippen molar-refractivity contribution >= 4 is 11.6 Å². The Hall–Kier alpha value is -2.32. The van der Waals surface area contributed by atoms with Crippen LogP contribution in [0.3, 0.4) is 0 Å². The summed E-state index contributed by atoms with van der Waals surface area (Å²) in [6.45, 7) is 14.2. The SMILES string of the molecule is CCCCCCCCCCCCn1nnc(C(C(=O)Nc2c(C(C)C)cccc2C(C)C)N2CCOCC2)n1. The Morgan fingerprint density at radius 3 is 2.03 bits per heavy atom. The van der Waals surface area contributed by atoms with Crippen molar-refractivity contribution in [3.05, 3.63) is 35.2 Å². The van der Waals surface area contributed by atoms with Gasteiger partial charge in [-0.25, -0.2) is 0 Å². The molecule has 1 aliphatic heterocycles. The van der Waals surface area contributed by atoms with Crippen molar-refractivity contribution in [2.45, 2.75) is 123 Å². The van der Waals surface area contributed by atoms with Crippen LogP contribution < -0.4 is 5.32 Å². The monoisotopic (exact) mass is 540 g/mol. The Kier molecular flexibility index (Phi) is 13.4. The van der Waals surface area contributed by atoms with Gasteiger partial charge in [0.1, 0.15) is 0 Å². The fourth-order valence-electron chi connectivity index (χ4n) is 5.37. The molecule has 1 amide bonds. The molecule has 1 atom stereocenters. The summed E-state index contributed by atoms with van der Waals surface area (Å²) in [7, 11) is 0. The van der Waals surface area contributed by atoms with Gasteiger partial charge in [0.2, 0.25) is 11.7 Å². The quantitative estimate of drug-likeness (QED) is 0.221. The van der Waals surface area contributed by atoms with E-state index in [1.807, 2.05) is 0 Å². The highest BCUT2D eigenvalue weighted by Gasteiger charge is 2.34. The average molecular weight is 541 g/mol. The summed E-state index contributed by atoms with van der Waals surface area (Å²) in [5.74, 6) is 0.946. The number of ether oxygens (including phenoxy) is 1. The van der Waals surface area contributed by atoms with Gasteiger partial charge in [0, 0.05) is 18.8 Å². The Balaban J connectivity index is 1.63. The van der Waals surface area contributed by atoms with Gasteiger partial charge in [-0.05, 0) is 34.6 Å². The number of nitrogens with one attached hydrogen (secondary N) is 1. The molecule has 0 bridgehead atoms. The molecule has 1 saturated heterocycles. The Morgan fingerprint density at radius 2 is 1.46 bits per heavy atom. The number of unbranched alkanes of at least 4 members (excludes halogenated alkanes) is 9. The van der Waals surface area contributed by atoms with Gasteiger partial charge in [0.05, 0.1) is 19.8 Å². The first kappa shape index (κ1) is 31.2. The zero-order chi connectivity index (χ0) is 28.0. The Labute approximate surface area is 236 Å². The predicted molar refractivity (Wildman–Crippen MR) is 158 cm³/mol. The van der Waals surface area contributed by atoms with Crippen molar-refractivity contribution in [2.24, 2.45) is 0 Å². The van der Waals surface area contributed by atoms with Crippen LogP contribution in [-0.4, -0.2) is 57.3 Å². The van der Waals surface area contributed by atoms with Gasteiger partial charge < -0.3 is 10.1 Å². The maximum absolute atomic E-state index is 13.9. The van der Waals surface area contributed by atoms with E-state index in [0.717, 1.165) is 29.8 Å². The second-order valence-electron chi connectivity index (χ2n) is 11.6. The van der Waals surface area contributed by atoms with Crippen LogP contribution >= 0.6 is 0 Å². The fourth-order valence-corrected chi connectivity index (χ4v) is 5.37. The van der Waals surface area contributed by atoms with Gasteiger partial charge in [-0.3, -0.25) is 9.69 Å². The number of carbonyl (C=O) groups is 1. The van der Waals surface area contributed by atoms with Crippen LogP contribution in [0.15, 0.2) is 18.2 Å². The number of hydrogen-bond donors (Lipinski definition) is 1. The third kappa shape index (κ3) is 9.67. The van der Waals surface area contributed by atoms with E-state index in [1.165, 1.54) is 57.8 Å². The number of carbonyl (C=O) groups excluding carboxylic acids is 1. The average Bonchev–Trinajstić information content (AvgIpc) is 3.38. The molecule has 1 aliphatic rings. The van der Waals surface area contributed by atoms with Gasteiger partial charge >= 0.3 is 0 Å². The van der Waals surface area contributed by atoms with E-state index in [9.17, 15) is 4.79 Å². The van der Waals surface area contributed by atoms with Gasteiger partial charge in [-0.15, -0.1) is 10.2 Å². The van der Waals surface area contributed by atoms with Crippen molar-refractivity contribution in [1.82, 2.24) is 25.1 Å². The number of amides is 1. The van der Waals surface area contributed by atoms with Gasteiger partial charge in [-0.1, -0.05) is 111 Å². The molecular weight excluding hydrogens is 488 g/mol. The van der Waals surface area contributed by atoms with Crippen LogP contribution in [0.1, 0.15) is 134 Å². The molecule has 1 fully saturated rings. The molecule has 218 valence electrons. The van der Waals surface area contributed by atoms with Crippen molar-refractivity contribution < 1.29 is 9.53 Å². The number of benzene rings is 1. The zero-order valence-electron chi connectivity index (χ0n) is 25.1. The fraction of sp³-hybridized carbons (Fsp3) is 0.742. The predicted octanol–water partition coefficient (Wildman–Crippen LogP) is 6.85. The van der Waals surface area contributed by atoms with E-state index < -0.39 is 6.04 Å². The molecule has 0 saturated carbocycles. The Morgan fingerprint density at radius 1 is 0.897 bits per heavy atom. The van der Waals surface area contributed by atoms with E-state index in [2.05, 4.69) is 73.3 Å². The Bertz CT molecular complexity index is 957. The van der Waals surface area contributed by atoms with Crippen molar-refractivity contribution in [2.75, 3.05) is 31.6 Å². The first-order chi connectivity index (χ1) is 18.9. The number of para-hydroxylation sites is 1. The lowest BCUT2D eigenvalue weighted by Crippen LogP contribution is -2.44. The van der Waals surface area contributed by atoms with E-state index in [0.29, 0.717) is 44.0 Å². The molecule has 1 N–H and O–H groups in total. The molecular formula is C31H52N6O2. The number of rotatable bonds is 17. The maximum Gasteiger partial charge on any atom is 0.249 e. The van der Waals surface area contributed by atoms with E-state index in [1.54, 1.807) is 4.80 Å². The van der Waals surface area contributed by atoms with Gasteiger partial charge in [0.25, 0.3) is 0 Å². The molecule has 2 aromatic rings. The number of tetrazole rings is 1. The minimum atomic E-state index is -0.601. The standard InChI is InChI=1S/C31H52N6O2/c1-6-7-8-9-10-11-12-13-14-15-19-37-34-30(33-35-37)29(36-20-22-39-23-21-36)31(38)32-28-26(24(2)3)17-16-18-27(28)25(4)5/h16-18,24-25,29H,6-15,19-23H2,1-5H3,(H,32,38). The molecule has 8 heteroatoms. The first-order valence-corrected chi connectivity index (χ1v) is 15.5. The lowest BCUT2D eigenvalue weighted by Gasteiger charge is -2.32. The third-order valence-electron chi connectivity index (χ3n) is 7.70. The maximum atomic E-state index is 13.9. The molecule has 8 nitrogen and oxygen atoms in total. The van der Waals surface area contributed by atoms with Crippen LogP contribution in [0.5, 0.6) is 0 Å². The second kappa shape index (κ2) is 16.7. The highest BCUT2D eigenvalue weighted by atomic mass is 16.5. The molecule has 0 aliphatic carbocycles. The molecule has 0 spiro atoms. The lowest BCUT2D eigenvalue weighted by atomic mass is 9.92. The highest BCUT2D eigenvalue weighted by molar-refractivity contribution is 5.96. The largest absolute Gasteiger partial charge is 0.379 e. The van der Waals surface area contributed by atoms with Gasteiger partial charge in [-0.2, -0.15) is 4.80 Å². The summed E-state index contributed by atoms with van der Waals surface area (Å²) in [6.07, 6.45) is 12.9.